The molecule has 1 saturated heterocycles. The second-order valence-corrected chi connectivity index (χ2v) is 7.95. The van der Waals surface area contributed by atoms with Gasteiger partial charge in [-0.1, -0.05) is 19.9 Å². The number of epoxide rings is 1. The van der Waals surface area contributed by atoms with Gasteiger partial charge in [0.05, 0.1) is 13.2 Å². The predicted molar refractivity (Wildman–Crippen MR) is 83.9 cm³/mol. The van der Waals surface area contributed by atoms with Gasteiger partial charge in [0.25, 0.3) is 0 Å². The number of ether oxygens (including phenoxy) is 2. The fraction of sp³-hybridized carbons (Fsp3) is 0.684. The average Bonchev–Trinajstić information content (AvgIpc) is 3.16. The first-order valence-corrected chi connectivity index (χ1v) is 8.30. The van der Waals surface area contributed by atoms with E-state index >= 15 is 0 Å². The Morgan fingerprint density at radius 2 is 2.00 bits per heavy atom. The average molecular weight is 286 g/mol. The van der Waals surface area contributed by atoms with Crippen LogP contribution in [-0.2, 0) is 17.6 Å². The maximum atomic E-state index is 6.30. The van der Waals surface area contributed by atoms with Gasteiger partial charge in [-0.3, -0.25) is 0 Å². The molecule has 114 valence electrons. The van der Waals surface area contributed by atoms with Gasteiger partial charge >= 0.3 is 0 Å². The Morgan fingerprint density at radius 1 is 1.19 bits per heavy atom. The Hall–Kier alpha value is -1.02. The van der Waals surface area contributed by atoms with Crippen molar-refractivity contribution in [3.63, 3.8) is 0 Å². The quantitative estimate of drug-likeness (QED) is 0.726. The molecule has 1 aromatic rings. The highest BCUT2D eigenvalue weighted by Crippen LogP contribution is 2.62. The molecule has 1 aromatic carbocycles. The van der Waals surface area contributed by atoms with Gasteiger partial charge in [-0.25, -0.2) is 0 Å². The van der Waals surface area contributed by atoms with E-state index in [0.29, 0.717) is 17.4 Å². The Balaban J connectivity index is 1.76. The van der Waals surface area contributed by atoms with Gasteiger partial charge in [-0.2, -0.15) is 0 Å². The number of methoxy groups -OCH3 is 1. The van der Waals surface area contributed by atoms with E-state index in [2.05, 4.69) is 32.9 Å². The molecule has 0 unspecified atom stereocenters. The van der Waals surface area contributed by atoms with E-state index in [0.717, 1.165) is 12.2 Å². The first-order chi connectivity index (χ1) is 9.96. The minimum atomic E-state index is 0.132. The molecular formula is C19H26O2. The third-order valence-corrected chi connectivity index (χ3v) is 6.32. The zero-order chi connectivity index (χ0) is 14.8. The molecule has 4 rings (SSSR count). The number of rotatable bonds is 1. The third-order valence-electron chi connectivity index (χ3n) is 6.32. The molecular weight excluding hydrogens is 260 g/mol. The van der Waals surface area contributed by atoms with Gasteiger partial charge in [0.15, 0.2) is 0 Å². The number of hydrogen-bond donors (Lipinski definition) is 0. The zero-order valence-corrected chi connectivity index (χ0v) is 13.7. The summed E-state index contributed by atoms with van der Waals surface area (Å²) in [5.74, 6) is 1.72. The maximum absolute atomic E-state index is 6.30. The molecule has 2 fully saturated rings. The lowest BCUT2D eigenvalue weighted by atomic mass is 9.61. The van der Waals surface area contributed by atoms with Gasteiger partial charge in [0.1, 0.15) is 11.4 Å². The molecule has 2 heteroatoms. The van der Waals surface area contributed by atoms with Crippen LogP contribution in [0.25, 0.3) is 0 Å². The van der Waals surface area contributed by atoms with Crippen LogP contribution in [0.5, 0.6) is 5.75 Å². The van der Waals surface area contributed by atoms with Gasteiger partial charge in [0.2, 0.25) is 0 Å². The highest BCUT2D eigenvalue weighted by Gasteiger charge is 2.66. The van der Waals surface area contributed by atoms with Crippen molar-refractivity contribution in [1.29, 1.82) is 0 Å². The SMILES string of the molecule is COc1cc2c(cc1C)CC[C@H]1C(C)(C)CC[C@@H]3O[C@@]31C2. The standard InChI is InChI=1S/C19H26O2/c1-12-9-13-5-6-16-18(2,3)8-7-17-19(16,21-17)11-14(13)10-15(12)20-4/h9-10,16-17H,5-8,11H2,1-4H3/t16-,17-,19+/m0/s1. The Bertz CT molecular complexity index is 589. The molecule has 1 spiro atoms. The van der Waals surface area contributed by atoms with Crippen LogP contribution in [0.15, 0.2) is 12.1 Å². The molecule has 1 aliphatic heterocycles. The lowest BCUT2D eigenvalue weighted by molar-refractivity contribution is 0.0803. The summed E-state index contributed by atoms with van der Waals surface area (Å²) in [5.41, 5.74) is 4.77. The summed E-state index contributed by atoms with van der Waals surface area (Å²) in [6.45, 7) is 7.04. The van der Waals surface area contributed by atoms with E-state index < -0.39 is 0 Å². The Morgan fingerprint density at radius 3 is 2.76 bits per heavy atom. The predicted octanol–water partition coefficient (Wildman–Crippen LogP) is 4.07. The van der Waals surface area contributed by atoms with Crippen LogP contribution in [0.2, 0.25) is 0 Å². The van der Waals surface area contributed by atoms with Crippen molar-refractivity contribution in [1.82, 2.24) is 0 Å². The minimum absolute atomic E-state index is 0.132. The van der Waals surface area contributed by atoms with Gasteiger partial charge in [-0.15, -0.1) is 0 Å². The van der Waals surface area contributed by atoms with Crippen LogP contribution < -0.4 is 4.74 Å². The van der Waals surface area contributed by atoms with Gasteiger partial charge in [-0.05, 0) is 66.7 Å². The second kappa shape index (κ2) is 4.25. The molecule has 3 atom stereocenters. The summed E-state index contributed by atoms with van der Waals surface area (Å²) in [6, 6.07) is 4.61. The van der Waals surface area contributed by atoms with Crippen molar-refractivity contribution in [2.45, 2.75) is 64.6 Å². The number of aryl methyl sites for hydroxylation is 2. The van der Waals surface area contributed by atoms with E-state index in [4.69, 9.17) is 9.47 Å². The number of hydrogen-bond acceptors (Lipinski definition) is 2. The van der Waals surface area contributed by atoms with Crippen molar-refractivity contribution in [3.8, 4) is 5.75 Å². The smallest absolute Gasteiger partial charge is 0.122 e. The molecule has 1 heterocycles. The van der Waals surface area contributed by atoms with E-state index in [1.165, 1.54) is 42.4 Å². The van der Waals surface area contributed by atoms with Crippen LogP contribution in [0.4, 0.5) is 0 Å². The summed E-state index contributed by atoms with van der Waals surface area (Å²) in [5, 5.41) is 0. The summed E-state index contributed by atoms with van der Waals surface area (Å²) >= 11 is 0. The van der Waals surface area contributed by atoms with Crippen molar-refractivity contribution in [2.75, 3.05) is 7.11 Å². The molecule has 0 radical (unpaired) electrons. The highest BCUT2D eigenvalue weighted by molar-refractivity contribution is 5.44. The monoisotopic (exact) mass is 286 g/mol. The summed E-state index contributed by atoms with van der Waals surface area (Å²) < 4.78 is 11.8. The zero-order valence-electron chi connectivity index (χ0n) is 13.7. The molecule has 0 amide bonds. The molecule has 0 bridgehead atoms. The molecule has 21 heavy (non-hydrogen) atoms. The fourth-order valence-electron chi connectivity index (χ4n) is 5.10. The Kier molecular flexibility index (Phi) is 2.76. The topological polar surface area (TPSA) is 21.8 Å². The lowest BCUT2D eigenvalue weighted by Gasteiger charge is -2.41. The summed E-state index contributed by atoms with van der Waals surface area (Å²) in [6.07, 6.45) is 6.59. The van der Waals surface area contributed by atoms with Gasteiger partial charge in [0, 0.05) is 6.42 Å². The second-order valence-electron chi connectivity index (χ2n) is 7.95. The molecule has 0 aromatic heterocycles. The lowest BCUT2D eigenvalue weighted by Crippen LogP contribution is -2.43. The summed E-state index contributed by atoms with van der Waals surface area (Å²) in [4.78, 5) is 0. The molecule has 3 aliphatic rings. The highest BCUT2D eigenvalue weighted by atomic mass is 16.6. The van der Waals surface area contributed by atoms with Crippen molar-refractivity contribution < 1.29 is 9.47 Å². The van der Waals surface area contributed by atoms with E-state index in [9.17, 15) is 0 Å². The first kappa shape index (κ1) is 13.6. The van der Waals surface area contributed by atoms with E-state index in [-0.39, 0.29) is 5.60 Å². The van der Waals surface area contributed by atoms with Crippen LogP contribution in [-0.4, -0.2) is 18.8 Å². The first-order valence-electron chi connectivity index (χ1n) is 8.30. The molecule has 0 N–H and O–H groups in total. The number of fused-ring (bicyclic) bond motifs is 1. The Labute approximate surface area is 127 Å². The van der Waals surface area contributed by atoms with Crippen LogP contribution in [0, 0.1) is 18.3 Å². The van der Waals surface area contributed by atoms with Crippen molar-refractivity contribution in [3.05, 3.63) is 28.8 Å². The van der Waals surface area contributed by atoms with Gasteiger partial charge < -0.3 is 9.47 Å². The largest absolute Gasteiger partial charge is 0.496 e. The normalized spacial score (nSPS) is 36.0. The summed E-state index contributed by atoms with van der Waals surface area (Å²) in [7, 11) is 1.77. The van der Waals surface area contributed by atoms with E-state index in [1.807, 2.05) is 0 Å². The minimum Gasteiger partial charge on any atom is -0.496 e. The van der Waals surface area contributed by atoms with E-state index in [1.54, 1.807) is 7.11 Å². The molecule has 2 aliphatic carbocycles. The van der Waals surface area contributed by atoms with Crippen LogP contribution >= 0.6 is 0 Å². The third kappa shape index (κ3) is 1.88. The van der Waals surface area contributed by atoms with Crippen molar-refractivity contribution in [2.24, 2.45) is 11.3 Å². The number of benzene rings is 1. The molecule has 2 nitrogen and oxygen atoms in total. The van der Waals surface area contributed by atoms with Crippen LogP contribution in [0.1, 0.15) is 49.8 Å². The van der Waals surface area contributed by atoms with Crippen molar-refractivity contribution >= 4 is 0 Å². The maximum Gasteiger partial charge on any atom is 0.122 e. The fourth-order valence-corrected chi connectivity index (χ4v) is 5.10. The molecule has 1 saturated carbocycles. The van der Waals surface area contributed by atoms with Crippen LogP contribution in [0.3, 0.4) is 0 Å².